The first-order valence-corrected chi connectivity index (χ1v) is 35.3. The molecule has 0 amide bonds. The molecule has 96 heavy (non-hydrogen) atoms. The van der Waals surface area contributed by atoms with Gasteiger partial charge in [0.25, 0.3) is 0 Å². The van der Waals surface area contributed by atoms with Crippen LogP contribution in [-0.4, -0.2) is 28.1 Å². The van der Waals surface area contributed by atoms with Crippen molar-refractivity contribution in [2.75, 3.05) is 0 Å². The van der Waals surface area contributed by atoms with Crippen molar-refractivity contribution in [3.63, 3.8) is 0 Å². The first kappa shape index (κ1) is 61.3. The minimum absolute atomic E-state index is 0.0177. The molecule has 2 atom stereocenters. The number of rotatable bonds is 15. The van der Waals surface area contributed by atoms with Gasteiger partial charge in [0.1, 0.15) is 39.8 Å². The average molecular weight is 1310 g/mol. The lowest BCUT2D eigenvalue weighted by Crippen LogP contribution is -2.25. The van der Waals surface area contributed by atoms with Gasteiger partial charge >= 0.3 is 17.9 Å². The number of esters is 3. The standard InChI is InChI=1S/C84H63O9S3/c1-82(2,56-39-41-58(85)42-40-56)91-79(87)52-36-47-62(48-37-52)96-74-29-14-10-23-67(74)78-70(25-17-31-76(78)96)90-59-19-15-18-57(51-59)83(3,4)92-80(88)53-34-45-61(46-35-53)95-73-28-13-9-22-66(73)77-63(24-16-30-75(77)95)55-38-49-68(69(86)50-55)84(5,6)93-81(89)54-32-43-60(44-33-54)94-71-26-11-7-20-64(71)65-21-8-12-27-72(65)94/h7-51H,1-6H3/q+1/p+2. The highest BCUT2D eigenvalue weighted by Crippen LogP contribution is 2.54. The monoisotopic (exact) mass is 1310 g/mol. The molecule has 470 valence electrons. The Morgan fingerprint density at radius 2 is 0.750 bits per heavy atom. The maximum atomic E-state index is 14.2. The Morgan fingerprint density at radius 1 is 0.344 bits per heavy atom. The Labute approximate surface area is 563 Å². The maximum absolute atomic E-state index is 14.2. The summed E-state index contributed by atoms with van der Waals surface area (Å²) in [6.45, 7) is 11.0. The van der Waals surface area contributed by atoms with Crippen LogP contribution >= 0.6 is 31.4 Å². The predicted molar refractivity (Wildman–Crippen MR) is 393 cm³/mol. The number of aromatic hydroxyl groups is 2. The van der Waals surface area contributed by atoms with E-state index < -0.39 is 55.7 Å². The number of phenolic OH excluding ortho intramolecular Hbond substituents is 2. The van der Waals surface area contributed by atoms with E-state index in [1.165, 1.54) is 20.2 Å². The maximum Gasteiger partial charge on any atom is 0.339 e. The molecule has 0 spiro atoms. The van der Waals surface area contributed by atoms with Crippen LogP contribution in [0.15, 0.2) is 273 Å². The van der Waals surface area contributed by atoms with Gasteiger partial charge in [-0.3, -0.25) is 0 Å². The summed E-state index contributed by atoms with van der Waals surface area (Å²) in [6, 6.07) is 89.2. The first-order valence-electron chi connectivity index (χ1n) is 31.7. The molecule has 0 saturated heterocycles. The molecule has 0 saturated carbocycles. The van der Waals surface area contributed by atoms with E-state index in [0.29, 0.717) is 33.8 Å². The molecular weight excluding hydrogens is 1250 g/mol. The molecule has 3 aromatic heterocycles. The molecule has 0 aliphatic carbocycles. The molecular formula is C84H65O9S3+3. The van der Waals surface area contributed by atoms with Gasteiger partial charge in [0.2, 0.25) is 0 Å². The Balaban J connectivity index is 0.642. The Hall–Kier alpha value is -10.9. The minimum atomic E-state index is -1.17. The van der Waals surface area contributed by atoms with Crippen molar-refractivity contribution in [1.82, 2.24) is 0 Å². The van der Waals surface area contributed by atoms with E-state index in [1.807, 2.05) is 167 Å². The summed E-state index contributed by atoms with van der Waals surface area (Å²) in [5.41, 5.74) is 1.93. The molecule has 15 rings (SSSR count). The van der Waals surface area contributed by atoms with Gasteiger partial charge in [-0.05, 0) is 234 Å². The lowest BCUT2D eigenvalue weighted by Gasteiger charge is -2.27. The molecule has 0 radical (unpaired) electrons. The van der Waals surface area contributed by atoms with E-state index in [4.69, 9.17) is 18.9 Å². The van der Waals surface area contributed by atoms with Crippen molar-refractivity contribution in [2.45, 2.75) is 58.3 Å². The summed E-state index contributed by atoms with van der Waals surface area (Å²) in [5, 5.41) is 28.4. The SMILES string of the molecule is CC(C)(OC(=O)c1ccc(-[s+]2c3ccccc3c3c(Oc4cccc(C(C)(C)OC(=O)c5ccc(-[s+]6c7ccccc7c7c(-c8ccc(C(C)(C)OC(=O)c9ccc(-[s+]%10c%11ccccc%11c%11ccccc%11%10)cc9)c(O)c8)cccc76)cc5)c4)cccc32)cc1)c1ccc(O)cc1. The number of hydrogen-bond acceptors (Lipinski definition) is 9. The first-order chi connectivity index (χ1) is 46.4. The molecule has 2 N–H and O–H groups in total. The molecule has 0 aliphatic rings. The van der Waals surface area contributed by atoms with E-state index in [-0.39, 0.29) is 22.0 Å². The zero-order chi connectivity index (χ0) is 66.2. The van der Waals surface area contributed by atoms with E-state index in [0.717, 1.165) is 77.3 Å². The van der Waals surface area contributed by atoms with Gasteiger partial charge in [-0.25, -0.2) is 14.4 Å². The Morgan fingerprint density at radius 3 is 1.26 bits per heavy atom. The van der Waals surface area contributed by atoms with E-state index in [1.54, 1.807) is 44.2 Å². The summed E-state index contributed by atoms with van der Waals surface area (Å²) in [6.07, 6.45) is 0. The highest BCUT2D eigenvalue weighted by Gasteiger charge is 2.34. The van der Waals surface area contributed by atoms with Crippen LogP contribution in [-0.2, 0) is 31.0 Å². The zero-order valence-corrected chi connectivity index (χ0v) is 55.9. The Bertz CT molecular complexity index is 5530. The molecule has 0 bridgehead atoms. The van der Waals surface area contributed by atoms with Crippen molar-refractivity contribution >= 4 is 110 Å². The molecule has 12 heteroatoms. The second-order valence-electron chi connectivity index (χ2n) is 25.4. The van der Waals surface area contributed by atoms with Gasteiger partial charge < -0.3 is 29.2 Å². The van der Waals surface area contributed by atoms with Crippen molar-refractivity contribution in [3.05, 3.63) is 306 Å². The van der Waals surface area contributed by atoms with Crippen LogP contribution in [0.3, 0.4) is 0 Å². The van der Waals surface area contributed by atoms with Crippen molar-refractivity contribution < 1.29 is 43.5 Å². The topological polar surface area (TPSA) is 129 Å². The highest BCUT2D eigenvalue weighted by molar-refractivity contribution is 7.51. The molecule has 15 aromatic rings. The number of thiophene rings is 3. The van der Waals surface area contributed by atoms with Gasteiger partial charge in [0.15, 0.2) is 42.9 Å². The van der Waals surface area contributed by atoms with Crippen LogP contribution in [0.4, 0.5) is 0 Å². The fraction of sp³-hybridized carbons (Fsp3) is 0.107. The van der Waals surface area contributed by atoms with Crippen LogP contribution in [0.1, 0.15) is 89.3 Å². The number of ether oxygens (including phenoxy) is 4. The summed E-state index contributed by atoms with van der Waals surface area (Å²) in [4.78, 5) is 44.8. The van der Waals surface area contributed by atoms with Gasteiger partial charge in [-0.1, -0.05) is 103 Å². The van der Waals surface area contributed by atoms with E-state index in [2.05, 4.69) is 103 Å². The molecule has 3 heterocycles. The summed E-state index contributed by atoms with van der Waals surface area (Å²) in [7, 11) is -1.32. The van der Waals surface area contributed by atoms with Crippen LogP contribution in [0.2, 0.25) is 0 Å². The van der Waals surface area contributed by atoms with Crippen LogP contribution in [0, 0.1) is 0 Å². The fourth-order valence-corrected chi connectivity index (χ4v) is 20.3. The molecule has 12 aromatic carbocycles. The number of carbonyl (C=O) groups is 3. The van der Waals surface area contributed by atoms with Crippen molar-refractivity contribution in [3.8, 4) is 48.8 Å². The van der Waals surface area contributed by atoms with Gasteiger partial charge in [-0.2, -0.15) is 0 Å². The number of phenols is 2. The largest absolute Gasteiger partial charge is 0.508 e. The summed E-state index contributed by atoms with van der Waals surface area (Å²) < 4.78 is 32.4. The van der Waals surface area contributed by atoms with Gasteiger partial charge in [0.05, 0.1) is 32.8 Å². The Kier molecular flexibility index (Phi) is 15.4. The van der Waals surface area contributed by atoms with E-state index >= 15 is 0 Å². The number of benzene rings is 12. The molecule has 9 nitrogen and oxygen atoms in total. The fourth-order valence-electron chi connectivity index (χ4n) is 13.2. The summed E-state index contributed by atoms with van der Waals surface area (Å²) >= 11 is 0. The van der Waals surface area contributed by atoms with Crippen LogP contribution in [0.5, 0.6) is 23.0 Å². The quantitative estimate of drug-likeness (QED) is 0.0586. The normalized spacial score (nSPS) is 12.4. The third kappa shape index (κ3) is 11.1. The third-order valence-corrected chi connectivity index (χ3v) is 25.0. The van der Waals surface area contributed by atoms with Crippen LogP contribution in [0.25, 0.3) is 86.3 Å². The van der Waals surface area contributed by atoms with Crippen molar-refractivity contribution in [2.24, 2.45) is 0 Å². The number of hydrogen-bond donors (Lipinski definition) is 2. The smallest absolute Gasteiger partial charge is 0.339 e. The number of carbonyl (C=O) groups excluding carboxylic acids is 3. The van der Waals surface area contributed by atoms with Crippen molar-refractivity contribution in [1.29, 1.82) is 0 Å². The lowest BCUT2D eigenvalue weighted by molar-refractivity contribution is -0.00482. The number of fused-ring (bicyclic) bond motifs is 9. The average Bonchev–Trinajstić information content (AvgIpc) is 1.59. The van der Waals surface area contributed by atoms with Gasteiger partial charge in [-0.15, -0.1) is 0 Å². The predicted octanol–water partition coefficient (Wildman–Crippen LogP) is 23.0. The highest BCUT2D eigenvalue weighted by atomic mass is 32.2. The second kappa shape index (κ2) is 24.1. The molecule has 0 fully saturated rings. The van der Waals surface area contributed by atoms with Crippen LogP contribution < -0.4 is 4.74 Å². The zero-order valence-electron chi connectivity index (χ0n) is 53.5. The molecule has 2 unspecified atom stereocenters. The van der Waals surface area contributed by atoms with Gasteiger partial charge in [0, 0.05) is 53.1 Å². The second-order valence-corrected chi connectivity index (χ2v) is 31.3. The third-order valence-electron chi connectivity index (χ3n) is 18.0. The lowest BCUT2D eigenvalue weighted by atomic mass is 9.92. The minimum Gasteiger partial charge on any atom is -0.508 e. The molecule has 0 aliphatic heterocycles. The summed E-state index contributed by atoms with van der Waals surface area (Å²) in [5.74, 6) is 0.0509. The van der Waals surface area contributed by atoms with E-state index in [9.17, 15) is 24.6 Å².